The number of Topliss-reactive ketones (excluding diaryl/α,β-unsaturated/α-hetero) is 1. The molecule has 0 aromatic heterocycles. The van der Waals surface area contributed by atoms with Crippen molar-refractivity contribution in [1.82, 2.24) is 0 Å². The number of hydrogen-bond donors (Lipinski definition) is 0. The maximum atomic E-state index is 12.9. The van der Waals surface area contributed by atoms with Gasteiger partial charge in [0.15, 0.2) is 5.78 Å². The van der Waals surface area contributed by atoms with Gasteiger partial charge in [0, 0.05) is 29.1 Å². The standard InChI is InChI=1S/C26H24ClNO/c1-2-18-14-26(29)24-16-20(12-13-25(24)28-17-18)23-11-6-4-3-5-10-22(23)19-8-7-9-21(27)15-19/h4,6-13,15-18H,2-3,5,14H2,1H3. The Hall–Kier alpha value is -2.71. The molecule has 0 amide bonds. The molecule has 0 saturated heterocycles. The number of carbonyl (C=O) groups is 1. The van der Waals surface area contributed by atoms with Crippen LogP contribution in [0.3, 0.4) is 0 Å². The van der Waals surface area contributed by atoms with E-state index >= 15 is 0 Å². The van der Waals surface area contributed by atoms with Gasteiger partial charge in [-0.3, -0.25) is 9.79 Å². The highest BCUT2D eigenvalue weighted by Gasteiger charge is 2.21. The molecule has 1 aliphatic heterocycles. The average molecular weight is 402 g/mol. The van der Waals surface area contributed by atoms with Gasteiger partial charge in [-0.25, -0.2) is 0 Å². The zero-order valence-electron chi connectivity index (χ0n) is 16.6. The summed E-state index contributed by atoms with van der Waals surface area (Å²) in [6.45, 7) is 2.10. The van der Waals surface area contributed by atoms with Crippen LogP contribution < -0.4 is 0 Å². The van der Waals surface area contributed by atoms with Gasteiger partial charge in [-0.1, -0.05) is 61.0 Å². The topological polar surface area (TPSA) is 29.4 Å². The summed E-state index contributed by atoms with van der Waals surface area (Å²) in [5.41, 5.74) is 5.84. The van der Waals surface area contributed by atoms with E-state index in [1.165, 1.54) is 0 Å². The van der Waals surface area contributed by atoms with Crippen molar-refractivity contribution in [2.45, 2.75) is 32.6 Å². The summed E-state index contributed by atoms with van der Waals surface area (Å²) >= 11 is 6.27. The molecule has 4 rings (SSSR count). The van der Waals surface area contributed by atoms with E-state index < -0.39 is 0 Å². The second kappa shape index (κ2) is 8.75. The number of fused-ring (bicyclic) bond motifs is 1. The minimum Gasteiger partial charge on any atom is -0.294 e. The highest BCUT2D eigenvalue weighted by molar-refractivity contribution is 6.30. The molecular weight excluding hydrogens is 378 g/mol. The summed E-state index contributed by atoms with van der Waals surface area (Å²) in [4.78, 5) is 17.5. The monoisotopic (exact) mass is 401 g/mol. The van der Waals surface area contributed by atoms with E-state index in [0.717, 1.165) is 52.2 Å². The Kier molecular flexibility index (Phi) is 5.92. The lowest BCUT2D eigenvalue weighted by molar-refractivity contribution is 0.0973. The van der Waals surface area contributed by atoms with Crippen molar-refractivity contribution in [2.24, 2.45) is 10.9 Å². The summed E-state index contributed by atoms with van der Waals surface area (Å²) in [7, 11) is 0. The van der Waals surface area contributed by atoms with Crippen molar-refractivity contribution in [2.75, 3.05) is 0 Å². The highest BCUT2D eigenvalue weighted by Crippen LogP contribution is 2.37. The van der Waals surface area contributed by atoms with Crippen molar-refractivity contribution in [1.29, 1.82) is 0 Å². The van der Waals surface area contributed by atoms with Crippen LogP contribution in [0.1, 0.15) is 54.1 Å². The van der Waals surface area contributed by atoms with Crippen molar-refractivity contribution < 1.29 is 4.79 Å². The largest absolute Gasteiger partial charge is 0.294 e. The number of aliphatic imine (C=N–C) groups is 1. The first-order valence-corrected chi connectivity index (χ1v) is 10.6. The number of benzene rings is 2. The highest BCUT2D eigenvalue weighted by atomic mass is 35.5. The van der Waals surface area contributed by atoms with Crippen LogP contribution in [0.15, 0.2) is 71.8 Å². The molecule has 0 fully saturated rings. The first-order chi connectivity index (χ1) is 14.2. The molecule has 2 aromatic carbocycles. The molecule has 1 unspecified atom stereocenters. The Labute approximate surface area is 177 Å². The Morgan fingerprint density at radius 2 is 1.93 bits per heavy atom. The molecule has 1 heterocycles. The fourth-order valence-electron chi connectivity index (χ4n) is 3.84. The van der Waals surface area contributed by atoms with Crippen LogP contribution >= 0.6 is 11.6 Å². The van der Waals surface area contributed by atoms with Gasteiger partial charge >= 0.3 is 0 Å². The van der Waals surface area contributed by atoms with Crippen molar-refractivity contribution >= 4 is 40.4 Å². The van der Waals surface area contributed by atoms with Gasteiger partial charge < -0.3 is 0 Å². The second-order valence-electron chi connectivity index (χ2n) is 7.52. The number of hydrogen-bond acceptors (Lipinski definition) is 2. The molecule has 0 radical (unpaired) electrons. The fourth-order valence-corrected chi connectivity index (χ4v) is 4.03. The predicted octanol–water partition coefficient (Wildman–Crippen LogP) is 7.47. The normalized spacial score (nSPS) is 19.0. The molecule has 1 aliphatic carbocycles. The first-order valence-electron chi connectivity index (χ1n) is 10.2. The van der Waals surface area contributed by atoms with Gasteiger partial charge in [0.1, 0.15) is 0 Å². The van der Waals surface area contributed by atoms with Crippen molar-refractivity contribution in [3.05, 3.63) is 88.5 Å². The predicted molar refractivity (Wildman–Crippen MR) is 123 cm³/mol. The minimum absolute atomic E-state index is 0.168. The van der Waals surface area contributed by atoms with E-state index in [-0.39, 0.29) is 11.7 Å². The summed E-state index contributed by atoms with van der Waals surface area (Å²) in [5.74, 6) is 0.380. The maximum absolute atomic E-state index is 12.9. The molecule has 2 nitrogen and oxygen atoms in total. The Balaban J connectivity index is 1.80. The van der Waals surface area contributed by atoms with Crippen LogP contribution in [-0.4, -0.2) is 12.0 Å². The third-order valence-corrected chi connectivity index (χ3v) is 5.75. The lowest BCUT2D eigenvalue weighted by Gasteiger charge is -2.16. The smallest absolute Gasteiger partial charge is 0.165 e. The first kappa shape index (κ1) is 19.6. The maximum Gasteiger partial charge on any atom is 0.165 e. The molecular formula is C26H24ClNO. The molecule has 0 saturated carbocycles. The summed E-state index contributed by atoms with van der Waals surface area (Å²) in [6, 6.07) is 14.0. The molecule has 3 heteroatoms. The summed E-state index contributed by atoms with van der Waals surface area (Å²) < 4.78 is 0. The average Bonchev–Trinajstić information content (AvgIpc) is 2.86. The quantitative estimate of drug-likeness (QED) is 0.524. The number of allylic oxidation sites excluding steroid dienone is 6. The van der Waals surface area contributed by atoms with Crippen LogP contribution in [0.5, 0.6) is 0 Å². The number of ketones is 1. The van der Waals surface area contributed by atoms with Gasteiger partial charge in [0.2, 0.25) is 0 Å². The van der Waals surface area contributed by atoms with Gasteiger partial charge in [-0.05, 0) is 65.8 Å². The van der Waals surface area contributed by atoms with E-state index in [0.29, 0.717) is 12.0 Å². The van der Waals surface area contributed by atoms with Crippen LogP contribution in [0.4, 0.5) is 5.69 Å². The van der Waals surface area contributed by atoms with E-state index in [1.54, 1.807) is 0 Å². The van der Waals surface area contributed by atoms with Crippen LogP contribution in [-0.2, 0) is 0 Å². The third kappa shape index (κ3) is 4.33. The zero-order chi connectivity index (χ0) is 20.2. The van der Waals surface area contributed by atoms with Gasteiger partial charge in [0.25, 0.3) is 0 Å². The summed E-state index contributed by atoms with van der Waals surface area (Å²) in [6.07, 6.45) is 14.0. The number of carbonyl (C=O) groups excluding carboxylic acids is 1. The summed E-state index contributed by atoms with van der Waals surface area (Å²) in [5, 5.41) is 0.720. The zero-order valence-corrected chi connectivity index (χ0v) is 17.3. The van der Waals surface area contributed by atoms with Crippen LogP contribution in [0.25, 0.3) is 11.1 Å². The van der Waals surface area contributed by atoms with Crippen molar-refractivity contribution in [3.63, 3.8) is 0 Å². The van der Waals surface area contributed by atoms with E-state index in [2.05, 4.69) is 48.4 Å². The molecule has 1 atom stereocenters. The Bertz CT molecular complexity index is 1060. The molecule has 0 spiro atoms. The van der Waals surface area contributed by atoms with Crippen molar-refractivity contribution in [3.8, 4) is 0 Å². The third-order valence-electron chi connectivity index (χ3n) is 5.51. The van der Waals surface area contributed by atoms with E-state index in [4.69, 9.17) is 11.6 Å². The SMILES string of the molecule is CCC1C=Nc2ccc(C3=CC=CCCC=C3c3cccc(Cl)c3)cc2C(=O)C1. The van der Waals surface area contributed by atoms with Crippen LogP contribution in [0.2, 0.25) is 5.02 Å². The molecule has 2 aromatic rings. The Morgan fingerprint density at radius 3 is 2.76 bits per heavy atom. The molecule has 0 bridgehead atoms. The number of halogens is 1. The minimum atomic E-state index is 0.168. The second-order valence-corrected chi connectivity index (χ2v) is 7.96. The van der Waals surface area contributed by atoms with Gasteiger partial charge in [-0.2, -0.15) is 0 Å². The lowest BCUT2D eigenvalue weighted by Crippen LogP contribution is -2.07. The number of rotatable bonds is 3. The molecule has 0 N–H and O–H groups in total. The Morgan fingerprint density at radius 1 is 1.07 bits per heavy atom. The molecule has 2 aliphatic rings. The molecule has 146 valence electrons. The van der Waals surface area contributed by atoms with Gasteiger partial charge in [0.05, 0.1) is 5.69 Å². The fraction of sp³-hybridized carbons (Fsp3) is 0.231. The van der Waals surface area contributed by atoms with Gasteiger partial charge in [-0.15, -0.1) is 0 Å². The van der Waals surface area contributed by atoms with Crippen LogP contribution in [0, 0.1) is 5.92 Å². The van der Waals surface area contributed by atoms with E-state index in [1.807, 2.05) is 36.5 Å². The van der Waals surface area contributed by atoms with E-state index in [9.17, 15) is 4.79 Å². The molecule has 29 heavy (non-hydrogen) atoms. The lowest BCUT2D eigenvalue weighted by atomic mass is 9.88. The number of nitrogens with zero attached hydrogens (tertiary/aromatic N) is 1.